The Morgan fingerprint density at radius 1 is 1.31 bits per heavy atom. The van der Waals surface area contributed by atoms with Crippen molar-refractivity contribution in [2.24, 2.45) is 23.5 Å². The molecule has 16 heavy (non-hydrogen) atoms. The predicted molar refractivity (Wildman–Crippen MR) is 71.4 cm³/mol. The lowest BCUT2D eigenvalue weighted by Gasteiger charge is -2.35. The van der Waals surface area contributed by atoms with Crippen LogP contribution in [0, 0.1) is 17.8 Å². The fourth-order valence-electron chi connectivity index (χ4n) is 2.70. The largest absolute Gasteiger partial charge is 0.327 e. The summed E-state index contributed by atoms with van der Waals surface area (Å²) in [6, 6.07) is 0.442. The summed E-state index contributed by atoms with van der Waals surface area (Å²) in [4.78, 5) is 2.47. The summed E-state index contributed by atoms with van der Waals surface area (Å²) >= 11 is 0. The van der Waals surface area contributed by atoms with Crippen LogP contribution in [0.1, 0.15) is 46.5 Å². The van der Waals surface area contributed by atoms with E-state index in [0.717, 1.165) is 17.8 Å². The Hall–Kier alpha value is -0.0800. The van der Waals surface area contributed by atoms with E-state index in [0.29, 0.717) is 6.04 Å². The zero-order chi connectivity index (χ0) is 12.1. The van der Waals surface area contributed by atoms with Gasteiger partial charge in [0.05, 0.1) is 0 Å². The van der Waals surface area contributed by atoms with E-state index >= 15 is 0 Å². The van der Waals surface area contributed by atoms with Gasteiger partial charge in [0.15, 0.2) is 0 Å². The van der Waals surface area contributed by atoms with Crippen LogP contribution in [0.25, 0.3) is 0 Å². The predicted octanol–water partition coefficient (Wildman–Crippen LogP) is 2.73. The van der Waals surface area contributed by atoms with Gasteiger partial charge in [-0.25, -0.2) is 0 Å². The first kappa shape index (κ1) is 14.0. The van der Waals surface area contributed by atoms with E-state index in [1.165, 1.54) is 38.8 Å². The molecule has 1 aliphatic rings. The van der Waals surface area contributed by atoms with Crippen molar-refractivity contribution in [3.8, 4) is 0 Å². The number of rotatable bonds is 5. The Balaban J connectivity index is 2.28. The van der Waals surface area contributed by atoms with Gasteiger partial charge in [0.1, 0.15) is 0 Å². The molecule has 3 atom stereocenters. The van der Waals surface area contributed by atoms with E-state index in [-0.39, 0.29) is 0 Å². The number of hydrogen-bond acceptors (Lipinski definition) is 2. The van der Waals surface area contributed by atoms with E-state index in [9.17, 15) is 0 Å². The maximum absolute atomic E-state index is 6.22. The molecule has 0 amide bonds. The van der Waals surface area contributed by atoms with Crippen LogP contribution < -0.4 is 5.73 Å². The molecule has 2 nitrogen and oxygen atoms in total. The molecule has 0 spiro atoms. The lowest BCUT2D eigenvalue weighted by Crippen LogP contribution is -2.42. The van der Waals surface area contributed by atoms with E-state index in [1.807, 2.05) is 0 Å². The minimum absolute atomic E-state index is 0.442. The Kier molecular flexibility index (Phi) is 5.77. The fourth-order valence-corrected chi connectivity index (χ4v) is 2.70. The van der Waals surface area contributed by atoms with Crippen LogP contribution in [-0.4, -0.2) is 31.1 Å². The molecular weight excluding hydrogens is 196 g/mol. The monoisotopic (exact) mass is 226 g/mol. The van der Waals surface area contributed by atoms with Gasteiger partial charge in [-0.3, -0.25) is 0 Å². The van der Waals surface area contributed by atoms with Crippen molar-refractivity contribution >= 4 is 0 Å². The molecule has 0 aliphatic heterocycles. The van der Waals surface area contributed by atoms with Gasteiger partial charge < -0.3 is 10.6 Å². The van der Waals surface area contributed by atoms with Crippen LogP contribution in [-0.2, 0) is 0 Å². The Morgan fingerprint density at radius 2 is 2.00 bits per heavy atom. The molecule has 1 fully saturated rings. The third kappa shape index (κ3) is 4.84. The highest BCUT2D eigenvalue weighted by molar-refractivity contribution is 4.82. The summed E-state index contributed by atoms with van der Waals surface area (Å²) in [5.74, 6) is 2.41. The van der Waals surface area contributed by atoms with Gasteiger partial charge >= 0.3 is 0 Å². The molecule has 0 radical (unpaired) electrons. The highest BCUT2D eigenvalue weighted by atomic mass is 15.1. The smallest absolute Gasteiger partial charge is 0.00795 e. The average molecular weight is 226 g/mol. The zero-order valence-electron chi connectivity index (χ0n) is 11.6. The Labute approximate surface area is 102 Å². The normalized spacial score (nSPS) is 31.3. The first-order valence-corrected chi connectivity index (χ1v) is 6.93. The van der Waals surface area contributed by atoms with E-state index in [1.54, 1.807) is 0 Å². The molecule has 1 aliphatic carbocycles. The molecule has 0 aromatic rings. The number of nitrogens with two attached hydrogens (primary N) is 1. The second-order valence-electron chi connectivity index (χ2n) is 6.29. The van der Waals surface area contributed by atoms with Gasteiger partial charge in [-0.2, -0.15) is 0 Å². The minimum Gasteiger partial charge on any atom is -0.327 e. The maximum atomic E-state index is 6.22. The zero-order valence-corrected chi connectivity index (χ0v) is 11.6. The van der Waals surface area contributed by atoms with Crippen LogP contribution in [0.3, 0.4) is 0 Å². The Morgan fingerprint density at radius 3 is 2.62 bits per heavy atom. The highest BCUT2D eigenvalue weighted by Crippen LogP contribution is 2.28. The summed E-state index contributed by atoms with van der Waals surface area (Å²) in [7, 11) is 2.24. The topological polar surface area (TPSA) is 29.3 Å². The van der Waals surface area contributed by atoms with Crippen molar-refractivity contribution in [1.82, 2.24) is 4.90 Å². The quantitative estimate of drug-likeness (QED) is 0.781. The summed E-state index contributed by atoms with van der Waals surface area (Å²) < 4.78 is 0. The van der Waals surface area contributed by atoms with Crippen molar-refractivity contribution in [3.63, 3.8) is 0 Å². The molecule has 1 rings (SSSR count). The van der Waals surface area contributed by atoms with Crippen molar-refractivity contribution in [1.29, 1.82) is 0 Å². The number of hydrogen-bond donors (Lipinski definition) is 1. The highest BCUT2D eigenvalue weighted by Gasteiger charge is 2.26. The lowest BCUT2D eigenvalue weighted by atomic mass is 9.79. The van der Waals surface area contributed by atoms with E-state index in [2.05, 4.69) is 32.7 Å². The first-order valence-electron chi connectivity index (χ1n) is 6.93. The Bertz CT molecular complexity index is 191. The van der Waals surface area contributed by atoms with Crippen LogP contribution >= 0.6 is 0 Å². The van der Waals surface area contributed by atoms with E-state index < -0.39 is 0 Å². The summed E-state index contributed by atoms with van der Waals surface area (Å²) in [6.45, 7) is 9.37. The van der Waals surface area contributed by atoms with Gasteiger partial charge in [0, 0.05) is 12.6 Å². The average Bonchev–Trinajstić information content (AvgIpc) is 2.20. The second-order valence-corrected chi connectivity index (χ2v) is 6.29. The molecule has 0 heterocycles. The molecule has 0 aromatic heterocycles. The second kappa shape index (κ2) is 6.61. The van der Waals surface area contributed by atoms with E-state index in [4.69, 9.17) is 5.73 Å². The van der Waals surface area contributed by atoms with Crippen LogP contribution in [0.5, 0.6) is 0 Å². The van der Waals surface area contributed by atoms with Gasteiger partial charge in [-0.15, -0.1) is 0 Å². The molecule has 1 saturated carbocycles. The van der Waals surface area contributed by atoms with Gasteiger partial charge in [0.25, 0.3) is 0 Å². The third-order valence-electron chi connectivity index (χ3n) is 3.94. The van der Waals surface area contributed by atoms with Gasteiger partial charge in [-0.1, -0.05) is 20.8 Å². The molecule has 2 heteroatoms. The van der Waals surface area contributed by atoms with Crippen molar-refractivity contribution < 1.29 is 0 Å². The summed E-state index contributed by atoms with van der Waals surface area (Å²) in [5.41, 5.74) is 6.22. The van der Waals surface area contributed by atoms with Crippen molar-refractivity contribution in [2.75, 3.05) is 20.1 Å². The lowest BCUT2D eigenvalue weighted by molar-refractivity contribution is 0.177. The molecule has 3 unspecified atom stereocenters. The van der Waals surface area contributed by atoms with Gasteiger partial charge in [0.2, 0.25) is 0 Å². The summed E-state index contributed by atoms with van der Waals surface area (Å²) in [6.07, 6.45) is 5.18. The van der Waals surface area contributed by atoms with Crippen molar-refractivity contribution in [2.45, 2.75) is 52.5 Å². The van der Waals surface area contributed by atoms with Gasteiger partial charge in [-0.05, 0) is 57.0 Å². The SMILES string of the molecule is CC(C)CCN(C)CC1CC(C)CCC1N. The molecule has 0 aromatic carbocycles. The standard InChI is InChI=1S/C14H30N2/c1-11(2)7-8-16(4)10-13-9-12(3)5-6-14(13)15/h11-14H,5-10,15H2,1-4H3. The van der Waals surface area contributed by atoms with Crippen LogP contribution in [0.4, 0.5) is 0 Å². The van der Waals surface area contributed by atoms with Crippen molar-refractivity contribution in [3.05, 3.63) is 0 Å². The summed E-state index contributed by atoms with van der Waals surface area (Å²) in [5, 5.41) is 0. The first-order chi connectivity index (χ1) is 7.49. The molecular formula is C14H30N2. The molecule has 96 valence electrons. The fraction of sp³-hybridized carbons (Fsp3) is 1.00. The maximum Gasteiger partial charge on any atom is 0.00795 e. The van der Waals surface area contributed by atoms with Crippen LogP contribution in [0.2, 0.25) is 0 Å². The molecule has 0 saturated heterocycles. The molecule has 2 N–H and O–H groups in total. The van der Waals surface area contributed by atoms with Crippen LogP contribution in [0.15, 0.2) is 0 Å². The number of nitrogens with zero attached hydrogens (tertiary/aromatic N) is 1. The minimum atomic E-state index is 0.442. The molecule has 0 bridgehead atoms. The third-order valence-corrected chi connectivity index (χ3v) is 3.94.